The molecule has 0 saturated heterocycles. The molecule has 0 aliphatic carbocycles. The molecule has 0 bridgehead atoms. The van der Waals surface area contributed by atoms with Gasteiger partial charge in [-0.3, -0.25) is 0 Å². The zero-order valence-corrected chi connectivity index (χ0v) is 12.8. The highest BCUT2D eigenvalue weighted by atomic mass is 19.1. The van der Waals surface area contributed by atoms with Crippen molar-refractivity contribution in [3.63, 3.8) is 0 Å². The molecule has 0 heterocycles. The maximum Gasteiger partial charge on any atom is 0.319 e. The second kappa shape index (κ2) is 8.14. The molecule has 122 valence electrons. The predicted octanol–water partition coefficient (Wildman–Crippen LogP) is 2.91. The normalized spacial score (nSPS) is 11.6. The summed E-state index contributed by atoms with van der Waals surface area (Å²) >= 11 is 0. The van der Waals surface area contributed by atoms with E-state index in [-0.39, 0.29) is 18.5 Å². The lowest BCUT2D eigenvalue weighted by Gasteiger charge is -2.13. The summed E-state index contributed by atoms with van der Waals surface area (Å²) in [6.07, 6.45) is 0. The van der Waals surface area contributed by atoms with Gasteiger partial charge in [-0.1, -0.05) is 18.2 Å². The van der Waals surface area contributed by atoms with Gasteiger partial charge in [-0.05, 0) is 36.8 Å². The first-order valence-corrected chi connectivity index (χ1v) is 7.22. The van der Waals surface area contributed by atoms with Crippen molar-refractivity contribution in [1.82, 2.24) is 5.32 Å². The number of nitrogens with one attached hydrogen (secondary N) is 2. The van der Waals surface area contributed by atoms with Crippen LogP contribution in [0.1, 0.15) is 12.5 Å². The number of hydrogen-bond acceptors (Lipinski definition) is 3. The van der Waals surface area contributed by atoms with Gasteiger partial charge in [0.2, 0.25) is 0 Å². The number of anilines is 1. The predicted molar refractivity (Wildman–Crippen MR) is 85.9 cm³/mol. The van der Waals surface area contributed by atoms with Crippen LogP contribution < -0.4 is 15.4 Å². The van der Waals surface area contributed by atoms with Crippen molar-refractivity contribution in [1.29, 1.82) is 0 Å². The van der Waals surface area contributed by atoms with E-state index < -0.39 is 6.03 Å². The van der Waals surface area contributed by atoms with Crippen LogP contribution in [0.4, 0.5) is 14.9 Å². The first-order valence-electron chi connectivity index (χ1n) is 7.22. The van der Waals surface area contributed by atoms with Crippen molar-refractivity contribution in [2.75, 3.05) is 11.9 Å². The van der Waals surface area contributed by atoms with Gasteiger partial charge in [0.25, 0.3) is 0 Å². The molecule has 0 radical (unpaired) electrons. The topological polar surface area (TPSA) is 70.6 Å². The molecule has 0 fully saturated rings. The summed E-state index contributed by atoms with van der Waals surface area (Å²) in [4.78, 5) is 11.7. The number of halogens is 1. The highest BCUT2D eigenvalue weighted by Crippen LogP contribution is 2.18. The monoisotopic (exact) mass is 318 g/mol. The van der Waals surface area contributed by atoms with Crippen LogP contribution in [0, 0.1) is 5.82 Å². The number of carbonyl (C=O) groups excluding carboxylic acids is 1. The van der Waals surface area contributed by atoms with Gasteiger partial charge in [-0.2, -0.15) is 0 Å². The largest absolute Gasteiger partial charge is 0.489 e. The number of aliphatic hydroxyl groups is 1. The van der Waals surface area contributed by atoms with Crippen molar-refractivity contribution in [2.24, 2.45) is 0 Å². The van der Waals surface area contributed by atoms with Crippen LogP contribution in [0.25, 0.3) is 0 Å². The third-order valence-corrected chi connectivity index (χ3v) is 3.06. The number of urea groups is 1. The Morgan fingerprint density at radius 3 is 2.70 bits per heavy atom. The second-order valence-electron chi connectivity index (χ2n) is 5.13. The number of ether oxygens (including phenoxy) is 1. The molecule has 0 saturated carbocycles. The van der Waals surface area contributed by atoms with Crippen LogP contribution in [0.2, 0.25) is 0 Å². The summed E-state index contributed by atoms with van der Waals surface area (Å²) in [5.41, 5.74) is 1.42. The van der Waals surface area contributed by atoms with Crippen molar-refractivity contribution >= 4 is 11.7 Å². The Labute approximate surface area is 134 Å². The minimum atomic E-state index is -0.401. The molecule has 2 aromatic rings. The van der Waals surface area contributed by atoms with Crippen LogP contribution in [-0.2, 0) is 6.61 Å². The number of benzene rings is 2. The molecule has 0 spiro atoms. The first-order chi connectivity index (χ1) is 11.1. The lowest BCUT2D eigenvalue weighted by Crippen LogP contribution is -2.38. The highest BCUT2D eigenvalue weighted by molar-refractivity contribution is 5.89. The highest BCUT2D eigenvalue weighted by Gasteiger charge is 2.06. The summed E-state index contributed by atoms with van der Waals surface area (Å²) < 4.78 is 18.5. The molecule has 0 aromatic heterocycles. The Balaban J connectivity index is 1.91. The number of rotatable bonds is 6. The van der Waals surface area contributed by atoms with Crippen LogP contribution in [0.15, 0.2) is 48.5 Å². The lowest BCUT2D eigenvalue weighted by atomic mass is 10.2. The Kier molecular flexibility index (Phi) is 5.94. The van der Waals surface area contributed by atoms with Gasteiger partial charge < -0.3 is 20.5 Å². The van der Waals surface area contributed by atoms with Crippen LogP contribution in [0.3, 0.4) is 0 Å². The minimum Gasteiger partial charge on any atom is -0.489 e. The van der Waals surface area contributed by atoms with E-state index >= 15 is 0 Å². The Hall–Kier alpha value is -2.60. The van der Waals surface area contributed by atoms with Crippen molar-refractivity contribution in [3.05, 3.63) is 59.9 Å². The van der Waals surface area contributed by atoms with E-state index in [4.69, 9.17) is 9.84 Å². The van der Waals surface area contributed by atoms with Crippen LogP contribution >= 0.6 is 0 Å². The quantitative estimate of drug-likeness (QED) is 0.767. The summed E-state index contributed by atoms with van der Waals surface area (Å²) in [6, 6.07) is 12.3. The van der Waals surface area contributed by atoms with Gasteiger partial charge in [0.15, 0.2) is 0 Å². The van der Waals surface area contributed by atoms with Gasteiger partial charge in [0.1, 0.15) is 18.2 Å². The van der Waals surface area contributed by atoms with E-state index in [2.05, 4.69) is 10.6 Å². The number of aliphatic hydroxyl groups excluding tert-OH is 1. The number of hydrogen-bond donors (Lipinski definition) is 3. The summed E-state index contributed by atoms with van der Waals surface area (Å²) in [6.45, 7) is 1.87. The lowest BCUT2D eigenvalue weighted by molar-refractivity contribution is 0.229. The molecule has 5 nitrogen and oxygen atoms in total. The zero-order valence-electron chi connectivity index (χ0n) is 12.8. The Bertz CT molecular complexity index is 647. The third kappa shape index (κ3) is 5.60. The molecule has 2 rings (SSSR count). The molecule has 0 aliphatic heterocycles. The SMILES string of the molecule is CC(CO)NC(=O)Nc1cccc(OCc2ccc(F)cc2)c1. The number of amides is 2. The standard InChI is InChI=1S/C17H19FN2O3/c1-12(10-21)19-17(22)20-15-3-2-4-16(9-15)23-11-13-5-7-14(18)8-6-13/h2-9,12,21H,10-11H2,1H3,(H2,19,20,22). The van der Waals surface area contributed by atoms with E-state index in [1.165, 1.54) is 12.1 Å². The molecular formula is C17H19FN2O3. The van der Waals surface area contributed by atoms with Gasteiger partial charge in [-0.25, -0.2) is 9.18 Å². The second-order valence-corrected chi connectivity index (χ2v) is 5.13. The number of carbonyl (C=O) groups is 1. The van der Waals surface area contributed by atoms with Gasteiger partial charge >= 0.3 is 6.03 Å². The Morgan fingerprint density at radius 2 is 2.00 bits per heavy atom. The van der Waals surface area contributed by atoms with E-state index in [0.29, 0.717) is 18.0 Å². The molecule has 2 amide bonds. The molecule has 23 heavy (non-hydrogen) atoms. The fraction of sp³-hybridized carbons (Fsp3) is 0.235. The molecule has 0 aliphatic rings. The Morgan fingerprint density at radius 1 is 1.26 bits per heavy atom. The maximum atomic E-state index is 12.8. The van der Waals surface area contributed by atoms with Crippen molar-refractivity contribution in [3.8, 4) is 5.75 Å². The van der Waals surface area contributed by atoms with Gasteiger partial charge in [-0.15, -0.1) is 0 Å². The molecule has 1 atom stereocenters. The summed E-state index contributed by atoms with van der Waals surface area (Å²) in [5, 5.41) is 14.1. The van der Waals surface area contributed by atoms with E-state index in [9.17, 15) is 9.18 Å². The molecule has 1 unspecified atom stereocenters. The summed E-state index contributed by atoms with van der Waals surface area (Å²) in [5.74, 6) is 0.297. The smallest absolute Gasteiger partial charge is 0.319 e. The maximum absolute atomic E-state index is 12.8. The third-order valence-electron chi connectivity index (χ3n) is 3.06. The van der Waals surface area contributed by atoms with E-state index in [1.54, 1.807) is 43.3 Å². The van der Waals surface area contributed by atoms with E-state index in [0.717, 1.165) is 5.56 Å². The summed E-state index contributed by atoms with van der Waals surface area (Å²) in [7, 11) is 0. The molecule has 6 heteroatoms. The first kappa shape index (κ1) is 16.8. The fourth-order valence-electron chi connectivity index (χ4n) is 1.85. The average molecular weight is 318 g/mol. The molecule has 2 aromatic carbocycles. The van der Waals surface area contributed by atoms with Crippen molar-refractivity contribution < 1.29 is 19.0 Å². The average Bonchev–Trinajstić information content (AvgIpc) is 2.54. The van der Waals surface area contributed by atoms with Gasteiger partial charge in [0, 0.05) is 11.8 Å². The molecular weight excluding hydrogens is 299 g/mol. The molecule has 3 N–H and O–H groups in total. The van der Waals surface area contributed by atoms with Gasteiger partial charge in [0.05, 0.1) is 12.6 Å². The van der Waals surface area contributed by atoms with Crippen LogP contribution in [0.5, 0.6) is 5.75 Å². The van der Waals surface area contributed by atoms with Crippen LogP contribution in [-0.4, -0.2) is 23.8 Å². The fourth-order valence-corrected chi connectivity index (χ4v) is 1.85. The minimum absolute atomic E-state index is 0.131. The zero-order chi connectivity index (χ0) is 16.7. The van der Waals surface area contributed by atoms with Crippen molar-refractivity contribution in [2.45, 2.75) is 19.6 Å². The van der Waals surface area contributed by atoms with E-state index in [1.807, 2.05) is 0 Å².